The highest BCUT2D eigenvalue weighted by Crippen LogP contribution is 2.19. The number of benzene rings is 2. The molecule has 0 aliphatic rings. The lowest BCUT2D eigenvalue weighted by Gasteiger charge is -2.19. The average Bonchev–Trinajstić information content (AvgIpc) is 2.93. The average molecular weight is 595 g/mol. The molecule has 2 amide bonds. The van der Waals surface area contributed by atoms with E-state index in [0.717, 1.165) is 24.3 Å². The fourth-order valence-electron chi connectivity index (χ4n) is 3.06. The Labute approximate surface area is 236 Å². The van der Waals surface area contributed by atoms with E-state index >= 15 is 0 Å². The fraction of sp³-hybridized carbons (Fsp3) is 0.333. The first-order chi connectivity index (χ1) is 19.0. The van der Waals surface area contributed by atoms with Crippen molar-refractivity contribution in [1.29, 1.82) is 0 Å². The first-order valence-corrected chi connectivity index (χ1v) is 14.4. The van der Waals surface area contributed by atoms with Gasteiger partial charge in [0.1, 0.15) is 23.6 Å². The second-order valence-corrected chi connectivity index (χ2v) is 9.93. The molecule has 0 spiro atoms. The van der Waals surface area contributed by atoms with Crippen molar-refractivity contribution in [3.05, 3.63) is 68.8 Å². The third-order valence-electron chi connectivity index (χ3n) is 5.14. The number of nitrogens with one attached hydrogen (secondary N) is 2. The molecule has 214 valence electrons. The summed E-state index contributed by atoms with van der Waals surface area (Å²) in [6.07, 6.45) is 3.79. The Balaban J connectivity index is 2.06. The lowest BCUT2D eigenvalue weighted by Crippen LogP contribution is -2.53. The van der Waals surface area contributed by atoms with Crippen molar-refractivity contribution in [2.24, 2.45) is 0 Å². The number of nitro groups is 2. The van der Waals surface area contributed by atoms with Gasteiger partial charge in [-0.15, -0.1) is 0 Å². The van der Waals surface area contributed by atoms with E-state index < -0.39 is 45.7 Å². The molecule has 0 heterocycles. The second kappa shape index (κ2) is 16.0. The minimum absolute atomic E-state index is 0.00886. The van der Waals surface area contributed by atoms with Crippen molar-refractivity contribution < 1.29 is 38.5 Å². The van der Waals surface area contributed by atoms with E-state index in [2.05, 4.69) is 10.6 Å². The van der Waals surface area contributed by atoms with Crippen LogP contribution in [0.25, 0.3) is 0 Å². The molecule has 0 aliphatic heterocycles. The van der Waals surface area contributed by atoms with E-state index in [9.17, 15) is 39.4 Å². The SMILES string of the molecule is CSCC[C@H](NC(=O)C(=O)N[C@@H](CCSC)C(=O)Oc1ccc([N+](=O)[O-])cc1)C(=O)Oc1ccc([N+](=O)[O-])cc1. The lowest BCUT2D eigenvalue weighted by molar-refractivity contribution is -0.385. The van der Waals surface area contributed by atoms with Gasteiger partial charge in [0.05, 0.1) is 9.85 Å². The van der Waals surface area contributed by atoms with Crippen molar-refractivity contribution in [3.63, 3.8) is 0 Å². The van der Waals surface area contributed by atoms with E-state index in [0.29, 0.717) is 11.5 Å². The number of ether oxygens (including phenoxy) is 2. The first kappa shape index (κ1) is 32.0. The number of non-ortho nitro benzene ring substituents is 2. The number of thioether (sulfide) groups is 2. The fourth-order valence-corrected chi connectivity index (χ4v) is 4.01. The smallest absolute Gasteiger partial charge is 0.334 e. The Morgan fingerprint density at radius 2 is 1.02 bits per heavy atom. The van der Waals surface area contributed by atoms with Gasteiger partial charge in [0, 0.05) is 24.3 Å². The number of amides is 2. The van der Waals surface area contributed by atoms with Crippen LogP contribution < -0.4 is 20.1 Å². The second-order valence-electron chi connectivity index (χ2n) is 7.96. The Morgan fingerprint density at radius 1 is 0.700 bits per heavy atom. The molecule has 0 aliphatic carbocycles. The van der Waals surface area contributed by atoms with Crippen LogP contribution in [0.1, 0.15) is 12.8 Å². The van der Waals surface area contributed by atoms with Crippen LogP contribution in [0.3, 0.4) is 0 Å². The topological polar surface area (TPSA) is 197 Å². The third kappa shape index (κ3) is 10.2. The number of nitrogens with zero attached hydrogens (tertiary/aromatic N) is 2. The molecule has 0 saturated carbocycles. The van der Waals surface area contributed by atoms with Crippen LogP contribution in [0.15, 0.2) is 48.5 Å². The predicted molar refractivity (Wildman–Crippen MR) is 147 cm³/mol. The molecule has 2 atom stereocenters. The molecule has 14 nitrogen and oxygen atoms in total. The Hall–Kier alpha value is -4.18. The molecular weight excluding hydrogens is 568 g/mol. The number of carbonyl (C=O) groups excluding carboxylic acids is 4. The third-order valence-corrected chi connectivity index (χ3v) is 6.43. The van der Waals surface area contributed by atoms with Gasteiger partial charge in [-0.25, -0.2) is 9.59 Å². The summed E-state index contributed by atoms with van der Waals surface area (Å²) in [5.74, 6) is -3.28. The molecule has 40 heavy (non-hydrogen) atoms. The van der Waals surface area contributed by atoms with Crippen molar-refractivity contribution in [3.8, 4) is 11.5 Å². The Kier molecular flexibility index (Phi) is 12.9. The minimum atomic E-state index is -1.22. The summed E-state index contributed by atoms with van der Waals surface area (Å²) < 4.78 is 10.4. The molecule has 2 aromatic carbocycles. The highest BCUT2D eigenvalue weighted by atomic mass is 32.2. The van der Waals surface area contributed by atoms with Gasteiger partial charge in [0.2, 0.25) is 0 Å². The normalized spacial score (nSPS) is 11.9. The van der Waals surface area contributed by atoms with Crippen LogP contribution >= 0.6 is 23.5 Å². The Morgan fingerprint density at radius 3 is 1.30 bits per heavy atom. The summed E-state index contributed by atoms with van der Waals surface area (Å²) in [7, 11) is 0. The standard InChI is InChI=1S/C24H26N4O10S2/c1-39-13-11-19(23(31)37-17-7-3-15(4-8-17)27(33)34)25-21(29)22(30)26-20(12-14-40-2)24(32)38-18-9-5-16(6-10-18)28(35)36/h3-10,19-20H,11-14H2,1-2H3,(H,25,29)(H,26,30)/t19-,20-/m0/s1. The minimum Gasteiger partial charge on any atom is -0.425 e. The molecule has 0 unspecified atom stereocenters. The Bertz CT molecular complexity index is 1130. The molecule has 0 aromatic heterocycles. The van der Waals surface area contributed by atoms with Crippen molar-refractivity contribution in [2.75, 3.05) is 24.0 Å². The largest absolute Gasteiger partial charge is 0.425 e. The van der Waals surface area contributed by atoms with E-state index in [1.54, 1.807) is 12.5 Å². The van der Waals surface area contributed by atoms with E-state index in [1.807, 2.05) is 0 Å². The number of carbonyl (C=O) groups is 4. The van der Waals surface area contributed by atoms with E-state index in [4.69, 9.17) is 9.47 Å². The first-order valence-electron chi connectivity index (χ1n) is 11.6. The summed E-state index contributed by atoms with van der Waals surface area (Å²) in [5.41, 5.74) is -0.404. The summed E-state index contributed by atoms with van der Waals surface area (Å²) >= 11 is 2.77. The van der Waals surface area contributed by atoms with Gasteiger partial charge >= 0.3 is 23.8 Å². The van der Waals surface area contributed by atoms with E-state index in [1.165, 1.54) is 47.8 Å². The van der Waals surface area contributed by atoms with Crippen LogP contribution in [0, 0.1) is 20.2 Å². The maximum atomic E-state index is 12.7. The quantitative estimate of drug-likeness (QED) is 0.107. The lowest BCUT2D eigenvalue weighted by atomic mass is 10.2. The monoisotopic (exact) mass is 594 g/mol. The van der Waals surface area contributed by atoms with Crippen LogP contribution in [-0.2, 0) is 19.2 Å². The van der Waals surface area contributed by atoms with Crippen molar-refractivity contribution in [2.45, 2.75) is 24.9 Å². The maximum absolute atomic E-state index is 12.7. The molecule has 2 aromatic rings. The van der Waals surface area contributed by atoms with Gasteiger partial charge < -0.3 is 20.1 Å². The van der Waals surface area contributed by atoms with Gasteiger partial charge in [0.15, 0.2) is 0 Å². The highest BCUT2D eigenvalue weighted by molar-refractivity contribution is 7.98. The highest BCUT2D eigenvalue weighted by Gasteiger charge is 2.29. The number of nitro benzene ring substituents is 2. The number of rotatable bonds is 14. The summed E-state index contributed by atoms with van der Waals surface area (Å²) in [6, 6.07) is 7.05. The molecule has 0 bridgehead atoms. The molecular formula is C24H26N4O10S2. The van der Waals surface area contributed by atoms with Gasteiger partial charge in [-0.1, -0.05) is 0 Å². The molecule has 16 heteroatoms. The zero-order chi connectivity index (χ0) is 29.7. The summed E-state index contributed by atoms with van der Waals surface area (Å²) in [5, 5.41) is 26.2. The van der Waals surface area contributed by atoms with Gasteiger partial charge in [-0.05, 0) is 61.1 Å². The molecule has 2 rings (SSSR count). The van der Waals surface area contributed by atoms with Gasteiger partial charge in [-0.3, -0.25) is 29.8 Å². The number of esters is 2. The van der Waals surface area contributed by atoms with Crippen molar-refractivity contribution in [1.82, 2.24) is 10.6 Å². The maximum Gasteiger partial charge on any atom is 0.334 e. The van der Waals surface area contributed by atoms with E-state index in [-0.39, 0.29) is 35.7 Å². The van der Waals surface area contributed by atoms with Crippen LogP contribution in [-0.4, -0.2) is 69.7 Å². The van der Waals surface area contributed by atoms with Crippen LogP contribution in [0.4, 0.5) is 11.4 Å². The van der Waals surface area contributed by atoms with Gasteiger partial charge in [-0.2, -0.15) is 23.5 Å². The zero-order valence-corrected chi connectivity index (χ0v) is 23.0. The number of hydrogen-bond donors (Lipinski definition) is 2. The van der Waals surface area contributed by atoms with Gasteiger partial charge in [0.25, 0.3) is 11.4 Å². The van der Waals surface area contributed by atoms with Crippen molar-refractivity contribution >= 4 is 58.7 Å². The molecule has 2 N–H and O–H groups in total. The zero-order valence-electron chi connectivity index (χ0n) is 21.4. The molecule has 0 fully saturated rings. The predicted octanol–water partition coefficient (Wildman–Crippen LogP) is 2.49. The number of hydrogen-bond acceptors (Lipinski definition) is 12. The molecule has 0 saturated heterocycles. The summed E-state index contributed by atoms with van der Waals surface area (Å²) in [4.78, 5) is 71.1. The van der Waals surface area contributed by atoms with Crippen LogP contribution in [0.2, 0.25) is 0 Å². The molecule has 0 radical (unpaired) electrons. The van der Waals surface area contributed by atoms with Crippen LogP contribution in [0.5, 0.6) is 11.5 Å². The summed E-state index contributed by atoms with van der Waals surface area (Å²) in [6.45, 7) is 0.